The summed E-state index contributed by atoms with van der Waals surface area (Å²) in [4.78, 5) is 13.9. The van der Waals surface area contributed by atoms with Crippen LogP contribution in [-0.4, -0.2) is 42.3 Å². The van der Waals surface area contributed by atoms with E-state index in [9.17, 15) is 4.79 Å². The predicted octanol–water partition coefficient (Wildman–Crippen LogP) is 3.19. The molecule has 2 unspecified atom stereocenters. The van der Waals surface area contributed by atoms with E-state index in [1.165, 1.54) is 0 Å². The number of carbonyl (C=O) groups excluding carboxylic acids is 1. The van der Waals surface area contributed by atoms with Crippen LogP contribution in [0, 0.1) is 5.92 Å². The van der Waals surface area contributed by atoms with Crippen molar-refractivity contribution in [2.75, 3.05) is 19.6 Å². The van der Waals surface area contributed by atoms with Gasteiger partial charge in [-0.1, -0.05) is 19.1 Å². The van der Waals surface area contributed by atoms with Crippen molar-refractivity contribution >= 4 is 6.09 Å². The minimum absolute atomic E-state index is 0.198. The summed E-state index contributed by atoms with van der Waals surface area (Å²) < 4.78 is 5.44. The molecule has 1 rings (SSSR count). The maximum atomic E-state index is 12.1. The zero-order valence-electron chi connectivity index (χ0n) is 13.7. The monoisotopic (exact) mass is 282 g/mol. The van der Waals surface area contributed by atoms with Crippen LogP contribution in [0.2, 0.25) is 0 Å². The minimum atomic E-state index is -0.427. The number of ether oxygens (including phenoxy) is 1. The molecule has 1 amide bonds. The number of hydrogen-bond donors (Lipinski definition) is 1. The van der Waals surface area contributed by atoms with Gasteiger partial charge >= 0.3 is 6.09 Å². The van der Waals surface area contributed by atoms with Crippen LogP contribution < -0.4 is 5.32 Å². The molecule has 20 heavy (non-hydrogen) atoms. The van der Waals surface area contributed by atoms with Gasteiger partial charge < -0.3 is 15.0 Å². The van der Waals surface area contributed by atoms with Gasteiger partial charge in [0.1, 0.15) is 5.60 Å². The highest BCUT2D eigenvalue weighted by Crippen LogP contribution is 2.25. The van der Waals surface area contributed by atoms with E-state index in [1.807, 2.05) is 25.7 Å². The number of amides is 1. The summed E-state index contributed by atoms with van der Waals surface area (Å²) in [6.45, 7) is 16.5. The maximum Gasteiger partial charge on any atom is 0.410 e. The van der Waals surface area contributed by atoms with Crippen LogP contribution >= 0.6 is 0 Å². The number of hydrogen-bond acceptors (Lipinski definition) is 3. The van der Waals surface area contributed by atoms with Crippen molar-refractivity contribution in [3.8, 4) is 0 Å². The van der Waals surface area contributed by atoms with Crippen LogP contribution in [0.1, 0.15) is 47.5 Å². The summed E-state index contributed by atoms with van der Waals surface area (Å²) in [6, 6.07) is 0.294. The quantitative estimate of drug-likeness (QED) is 0.787. The topological polar surface area (TPSA) is 41.6 Å². The highest BCUT2D eigenvalue weighted by atomic mass is 16.6. The van der Waals surface area contributed by atoms with E-state index in [2.05, 4.69) is 25.7 Å². The van der Waals surface area contributed by atoms with E-state index < -0.39 is 5.60 Å². The van der Waals surface area contributed by atoms with Crippen LogP contribution in [0.4, 0.5) is 4.79 Å². The first-order chi connectivity index (χ1) is 9.24. The third kappa shape index (κ3) is 5.16. The predicted molar refractivity (Wildman–Crippen MR) is 82.8 cm³/mol. The van der Waals surface area contributed by atoms with Gasteiger partial charge in [0, 0.05) is 19.1 Å². The van der Waals surface area contributed by atoms with Gasteiger partial charge in [-0.15, -0.1) is 0 Å². The van der Waals surface area contributed by atoms with E-state index in [0.717, 1.165) is 38.0 Å². The molecule has 116 valence electrons. The van der Waals surface area contributed by atoms with Crippen LogP contribution in [0.25, 0.3) is 0 Å². The molecule has 0 aromatic carbocycles. The maximum absolute atomic E-state index is 12.1. The van der Waals surface area contributed by atoms with Crippen molar-refractivity contribution in [3.05, 3.63) is 12.2 Å². The van der Waals surface area contributed by atoms with Gasteiger partial charge in [0.2, 0.25) is 0 Å². The summed E-state index contributed by atoms with van der Waals surface area (Å²) in [5.74, 6) is 0.437. The number of rotatable bonds is 5. The fourth-order valence-electron chi connectivity index (χ4n) is 2.59. The largest absolute Gasteiger partial charge is 0.444 e. The van der Waals surface area contributed by atoms with Crippen molar-refractivity contribution in [1.82, 2.24) is 10.2 Å². The Morgan fingerprint density at radius 1 is 1.50 bits per heavy atom. The van der Waals surface area contributed by atoms with E-state index in [4.69, 9.17) is 4.74 Å². The molecule has 4 nitrogen and oxygen atoms in total. The lowest BCUT2D eigenvalue weighted by Gasteiger charge is -2.27. The first-order valence-corrected chi connectivity index (χ1v) is 7.61. The van der Waals surface area contributed by atoms with Crippen molar-refractivity contribution in [2.45, 2.75) is 59.1 Å². The first-order valence-electron chi connectivity index (χ1n) is 7.61. The smallest absolute Gasteiger partial charge is 0.410 e. The summed E-state index contributed by atoms with van der Waals surface area (Å²) >= 11 is 0. The Kier molecular flexibility index (Phi) is 6.06. The first kappa shape index (κ1) is 17.0. The fourth-order valence-corrected chi connectivity index (χ4v) is 2.59. The molecule has 0 radical (unpaired) electrons. The standard InChI is InChI=1S/C16H30N2O2/c1-7-9-17-14(12(2)3)13-8-10-18(11-13)15(19)20-16(4,5)6/h13-14,17H,2,7-11H2,1,3-6H3. The van der Waals surface area contributed by atoms with Crippen LogP contribution in [-0.2, 0) is 4.74 Å². The Morgan fingerprint density at radius 3 is 2.65 bits per heavy atom. The third-order valence-corrected chi connectivity index (χ3v) is 3.49. The average Bonchev–Trinajstić information content (AvgIpc) is 2.76. The van der Waals surface area contributed by atoms with E-state index in [1.54, 1.807) is 0 Å². The molecule has 1 heterocycles. The molecule has 1 N–H and O–H groups in total. The van der Waals surface area contributed by atoms with Crippen molar-refractivity contribution in [3.63, 3.8) is 0 Å². The lowest BCUT2D eigenvalue weighted by atomic mass is 9.93. The highest BCUT2D eigenvalue weighted by Gasteiger charge is 2.33. The zero-order valence-corrected chi connectivity index (χ0v) is 13.7. The lowest BCUT2D eigenvalue weighted by Crippen LogP contribution is -2.40. The molecule has 0 saturated carbocycles. The van der Waals surface area contributed by atoms with Gasteiger partial charge in [0.05, 0.1) is 0 Å². The fraction of sp³-hybridized carbons (Fsp3) is 0.812. The summed E-state index contributed by atoms with van der Waals surface area (Å²) in [6.07, 6.45) is 1.91. The lowest BCUT2D eigenvalue weighted by molar-refractivity contribution is 0.0286. The van der Waals surface area contributed by atoms with Crippen molar-refractivity contribution in [1.29, 1.82) is 0 Å². The van der Waals surface area contributed by atoms with Crippen LogP contribution in [0.3, 0.4) is 0 Å². The summed E-state index contributed by atoms with van der Waals surface area (Å²) in [5, 5.41) is 3.54. The number of nitrogens with one attached hydrogen (secondary N) is 1. The van der Waals surface area contributed by atoms with Gasteiger partial charge in [-0.3, -0.25) is 0 Å². The van der Waals surface area contributed by atoms with Gasteiger partial charge in [-0.25, -0.2) is 4.79 Å². The molecule has 1 fully saturated rings. The molecular formula is C16H30N2O2. The van der Waals surface area contributed by atoms with Gasteiger partial charge in [0.15, 0.2) is 0 Å². The van der Waals surface area contributed by atoms with E-state index in [-0.39, 0.29) is 6.09 Å². The van der Waals surface area contributed by atoms with Gasteiger partial charge in [0.25, 0.3) is 0 Å². The van der Waals surface area contributed by atoms with E-state index >= 15 is 0 Å². The molecule has 0 bridgehead atoms. The second kappa shape index (κ2) is 7.11. The molecule has 4 heteroatoms. The second-order valence-electron chi connectivity index (χ2n) is 6.75. The van der Waals surface area contributed by atoms with Crippen LogP contribution in [0.5, 0.6) is 0 Å². The molecule has 1 aliphatic rings. The Bertz CT molecular complexity index is 347. The van der Waals surface area contributed by atoms with Gasteiger partial charge in [-0.2, -0.15) is 0 Å². The third-order valence-electron chi connectivity index (χ3n) is 3.49. The number of likely N-dealkylation sites (tertiary alicyclic amines) is 1. The van der Waals surface area contributed by atoms with Crippen molar-refractivity contribution in [2.24, 2.45) is 5.92 Å². The second-order valence-corrected chi connectivity index (χ2v) is 6.75. The average molecular weight is 282 g/mol. The highest BCUT2D eigenvalue weighted by molar-refractivity contribution is 5.68. The van der Waals surface area contributed by atoms with Gasteiger partial charge in [-0.05, 0) is 53.0 Å². The molecule has 0 spiro atoms. The zero-order chi connectivity index (χ0) is 15.3. The molecule has 0 aromatic rings. The Hall–Kier alpha value is -1.03. The summed E-state index contributed by atoms with van der Waals surface area (Å²) in [7, 11) is 0. The molecule has 1 saturated heterocycles. The van der Waals surface area contributed by atoms with E-state index in [0.29, 0.717) is 12.0 Å². The Labute approximate surface area is 123 Å². The Balaban J connectivity index is 2.56. The number of nitrogens with zero attached hydrogens (tertiary/aromatic N) is 1. The SMILES string of the molecule is C=C(C)C(NCCC)C1CCN(C(=O)OC(C)(C)C)C1. The van der Waals surface area contributed by atoms with Crippen LogP contribution in [0.15, 0.2) is 12.2 Å². The Morgan fingerprint density at radius 2 is 2.15 bits per heavy atom. The minimum Gasteiger partial charge on any atom is -0.444 e. The molecule has 1 aliphatic heterocycles. The van der Waals surface area contributed by atoms with Crippen molar-refractivity contribution < 1.29 is 9.53 Å². The molecular weight excluding hydrogens is 252 g/mol. The normalized spacial score (nSPS) is 20.9. The summed E-state index contributed by atoms with van der Waals surface area (Å²) in [5.41, 5.74) is 0.720. The molecule has 0 aliphatic carbocycles. The molecule has 2 atom stereocenters. The molecule has 0 aromatic heterocycles. The number of carbonyl (C=O) groups is 1.